The van der Waals surface area contributed by atoms with E-state index in [-0.39, 0.29) is 23.5 Å². The lowest BCUT2D eigenvalue weighted by Gasteiger charge is -2.29. The normalized spacial score (nSPS) is 18.8. The first-order valence-electron chi connectivity index (χ1n) is 11.7. The Labute approximate surface area is 195 Å². The van der Waals surface area contributed by atoms with Gasteiger partial charge in [-0.05, 0) is 71.6 Å². The van der Waals surface area contributed by atoms with Gasteiger partial charge in [0.1, 0.15) is 11.5 Å². The first kappa shape index (κ1) is 23.0. The van der Waals surface area contributed by atoms with Crippen molar-refractivity contribution in [2.24, 2.45) is 0 Å². The molecule has 1 fully saturated rings. The molecule has 0 spiro atoms. The number of aromatic nitrogens is 4. The van der Waals surface area contributed by atoms with Crippen LogP contribution in [0.3, 0.4) is 0 Å². The predicted octanol–water partition coefficient (Wildman–Crippen LogP) is 4.11. The fourth-order valence-electron chi connectivity index (χ4n) is 4.55. The third kappa shape index (κ3) is 5.10. The van der Waals surface area contributed by atoms with Crippen LogP contribution in [0.15, 0.2) is 30.3 Å². The summed E-state index contributed by atoms with van der Waals surface area (Å²) in [5.74, 6) is 1.48. The van der Waals surface area contributed by atoms with Gasteiger partial charge in [-0.25, -0.2) is 4.98 Å². The Morgan fingerprint density at radius 3 is 2.36 bits per heavy atom. The van der Waals surface area contributed by atoms with Gasteiger partial charge in [0.25, 0.3) is 5.91 Å². The molecule has 8 nitrogen and oxygen atoms in total. The fourth-order valence-corrected chi connectivity index (χ4v) is 4.55. The predicted molar refractivity (Wildman–Crippen MR) is 133 cm³/mol. The van der Waals surface area contributed by atoms with E-state index in [0.717, 1.165) is 48.1 Å². The second-order valence-corrected chi connectivity index (χ2v) is 10.2. The van der Waals surface area contributed by atoms with Crippen molar-refractivity contribution in [2.75, 3.05) is 24.3 Å². The van der Waals surface area contributed by atoms with Crippen LogP contribution >= 0.6 is 0 Å². The largest absolute Gasteiger partial charge is 0.362 e. The van der Waals surface area contributed by atoms with Gasteiger partial charge < -0.3 is 15.5 Å². The summed E-state index contributed by atoms with van der Waals surface area (Å²) in [5, 5.41) is 12.3. The molecular formula is C25H35N7O. The maximum Gasteiger partial charge on any atom is 0.272 e. The summed E-state index contributed by atoms with van der Waals surface area (Å²) in [4.78, 5) is 24.3. The second-order valence-electron chi connectivity index (χ2n) is 10.2. The van der Waals surface area contributed by atoms with Gasteiger partial charge in [-0.3, -0.25) is 9.48 Å². The zero-order chi connectivity index (χ0) is 23.8. The number of para-hydroxylation sites is 1. The highest BCUT2D eigenvalue weighted by atomic mass is 16.2. The quantitative estimate of drug-likeness (QED) is 0.610. The smallest absolute Gasteiger partial charge is 0.272 e. The molecule has 1 aliphatic rings. The minimum atomic E-state index is -0.149. The summed E-state index contributed by atoms with van der Waals surface area (Å²) in [6, 6.07) is 10.4. The number of hydrogen-bond donors (Lipinski definition) is 2. The topological polar surface area (TPSA) is 88.0 Å². The molecule has 1 amide bonds. The van der Waals surface area contributed by atoms with E-state index in [4.69, 9.17) is 9.97 Å². The standard InChI is InChI=1S/C25H35N7O/c1-16-15-21(30-32(16)25(2,3)4)23(33)26-17-11-13-18(14-12-17)27-24-28-20-10-8-7-9-19(20)22(29-24)31(5)6/h7-10,15,17-18H,11-14H2,1-6H3,(H,26,33)(H,27,28,29). The van der Waals surface area contributed by atoms with Crippen LogP contribution in [-0.2, 0) is 5.54 Å². The number of amides is 1. The molecule has 176 valence electrons. The maximum absolute atomic E-state index is 12.8. The van der Waals surface area contributed by atoms with Crippen molar-refractivity contribution in [1.29, 1.82) is 0 Å². The number of nitrogens with zero attached hydrogens (tertiary/aromatic N) is 5. The minimum absolute atomic E-state index is 0.0917. The summed E-state index contributed by atoms with van der Waals surface area (Å²) in [6.07, 6.45) is 3.73. The molecule has 3 aromatic rings. The molecule has 8 heteroatoms. The molecule has 1 aromatic carbocycles. The Bertz CT molecular complexity index is 1140. The number of aryl methyl sites for hydroxylation is 1. The molecule has 1 aliphatic carbocycles. The van der Waals surface area contributed by atoms with Gasteiger partial charge in [0.15, 0.2) is 0 Å². The Morgan fingerprint density at radius 1 is 1.06 bits per heavy atom. The zero-order valence-corrected chi connectivity index (χ0v) is 20.5. The highest BCUT2D eigenvalue weighted by Crippen LogP contribution is 2.26. The molecule has 0 aliphatic heterocycles. The van der Waals surface area contributed by atoms with E-state index in [2.05, 4.69) is 36.5 Å². The molecule has 1 saturated carbocycles. The number of carbonyl (C=O) groups is 1. The van der Waals surface area contributed by atoms with Crippen LogP contribution in [0.2, 0.25) is 0 Å². The Kier molecular flexibility index (Phi) is 6.28. The van der Waals surface area contributed by atoms with E-state index in [1.54, 1.807) is 0 Å². The Morgan fingerprint density at radius 2 is 1.73 bits per heavy atom. The molecule has 0 bridgehead atoms. The van der Waals surface area contributed by atoms with Crippen LogP contribution in [0, 0.1) is 6.92 Å². The van der Waals surface area contributed by atoms with Gasteiger partial charge in [0, 0.05) is 37.3 Å². The van der Waals surface area contributed by atoms with Gasteiger partial charge in [0.05, 0.1) is 11.1 Å². The SMILES string of the molecule is Cc1cc(C(=O)NC2CCC(Nc3nc(N(C)C)c4ccccc4n3)CC2)nn1C(C)(C)C. The number of anilines is 2. The summed E-state index contributed by atoms with van der Waals surface area (Å²) in [5.41, 5.74) is 2.27. The molecule has 0 saturated heterocycles. The molecule has 0 radical (unpaired) electrons. The molecule has 0 atom stereocenters. The first-order valence-corrected chi connectivity index (χ1v) is 11.7. The average Bonchev–Trinajstić information content (AvgIpc) is 3.17. The number of carbonyl (C=O) groups excluding carboxylic acids is 1. The second kappa shape index (κ2) is 9.00. The van der Waals surface area contributed by atoms with Crippen molar-refractivity contribution in [1.82, 2.24) is 25.1 Å². The van der Waals surface area contributed by atoms with E-state index >= 15 is 0 Å². The van der Waals surface area contributed by atoms with Crippen LogP contribution in [0.4, 0.5) is 11.8 Å². The van der Waals surface area contributed by atoms with Gasteiger partial charge in [0.2, 0.25) is 5.95 Å². The van der Waals surface area contributed by atoms with Crippen molar-refractivity contribution < 1.29 is 4.79 Å². The third-order valence-corrected chi connectivity index (χ3v) is 6.16. The molecule has 2 heterocycles. The summed E-state index contributed by atoms with van der Waals surface area (Å²) >= 11 is 0. The molecule has 33 heavy (non-hydrogen) atoms. The van der Waals surface area contributed by atoms with Gasteiger partial charge in [-0.1, -0.05) is 12.1 Å². The average molecular weight is 450 g/mol. The van der Waals surface area contributed by atoms with Crippen molar-refractivity contribution >= 4 is 28.6 Å². The highest BCUT2D eigenvalue weighted by molar-refractivity contribution is 5.92. The van der Waals surface area contributed by atoms with Crippen LogP contribution in [0.1, 0.15) is 62.6 Å². The van der Waals surface area contributed by atoms with E-state index in [0.29, 0.717) is 11.6 Å². The fraction of sp³-hybridized carbons (Fsp3) is 0.520. The van der Waals surface area contributed by atoms with Crippen LogP contribution in [0.25, 0.3) is 10.9 Å². The molecule has 4 rings (SSSR count). The third-order valence-electron chi connectivity index (χ3n) is 6.16. The minimum Gasteiger partial charge on any atom is -0.362 e. The van der Waals surface area contributed by atoms with E-state index in [1.165, 1.54) is 0 Å². The Balaban J connectivity index is 1.36. The lowest BCUT2D eigenvalue weighted by molar-refractivity contribution is 0.0920. The highest BCUT2D eigenvalue weighted by Gasteiger charge is 2.26. The van der Waals surface area contributed by atoms with E-state index in [1.807, 2.05) is 60.9 Å². The number of rotatable bonds is 5. The lowest BCUT2D eigenvalue weighted by Crippen LogP contribution is -2.40. The number of hydrogen-bond acceptors (Lipinski definition) is 6. The number of fused-ring (bicyclic) bond motifs is 1. The molecule has 0 unspecified atom stereocenters. The Hall–Kier alpha value is -3.16. The van der Waals surface area contributed by atoms with Gasteiger partial charge in [-0.2, -0.15) is 10.1 Å². The van der Waals surface area contributed by atoms with Crippen molar-refractivity contribution in [2.45, 2.75) is 71.0 Å². The summed E-state index contributed by atoms with van der Waals surface area (Å²) in [6.45, 7) is 8.25. The monoisotopic (exact) mass is 449 g/mol. The number of benzene rings is 1. The molecule has 2 N–H and O–H groups in total. The van der Waals surface area contributed by atoms with Crippen molar-refractivity contribution in [3.05, 3.63) is 41.7 Å². The zero-order valence-electron chi connectivity index (χ0n) is 20.5. The van der Waals surface area contributed by atoms with Crippen LogP contribution < -0.4 is 15.5 Å². The molecule has 2 aromatic heterocycles. The van der Waals surface area contributed by atoms with Crippen LogP contribution in [0.5, 0.6) is 0 Å². The van der Waals surface area contributed by atoms with E-state index < -0.39 is 0 Å². The van der Waals surface area contributed by atoms with E-state index in [9.17, 15) is 4.79 Å². The molecular weight excluding hydrogens is 414 g/mol. The summed E-state index contributed by atoms with van der Waals surface area (Å²) in [7, 11) is 4.00. The summed E-state index contributed by atoms with van der Waals surface area (Å²) < 4.78 is 1.91. The van der Waals surface area contributed by atoms with Crippen molar-refractivity contribution in [3.63, 3.8) is 0 Å². The maximum atomic E-state index is 12.8. The first-order chi connectivity index (χ1) is 15.6. The van der Waals surface area contributed by atoms with Gasteiger partial charge >= 0.3 is 0 Å². The van der Waals surface area contributed by atoms with Gasteiger partial charge in [-0.15, -0.1) is 0 Å². The van der Waals surface area contributed by atoms with Crippen molar-refractivity contribution in [3.8, 4) is 0 Å². The van der Waals surface area contributed by atoms with Crippen LogP contribution in [-0.4, -0.2) is 51.8 Å². The number of nitrogens with one attached hydrogen (secondary N) is 2. The lowest BCUT2D eigenvalue weighted by atomic mass is 9.91.